The van der Waals surface area contributed by atoms with Gasteiger partial charge in [0.1, 0.15) is 0 Å². The Morgan fingerprint density at radius 2 is 1.92 bits per heavy atom. The fourth-order valence-corrected chi connectivity index (χ4v) is 2.74. The van der Waals surface area contributed by atoms with Crippen LogP contribution < -0.4 is 0 Å². The molecule has 0 radical (unpaired) electrons. The Morgan fingerprint density at radius 3 is 2.38 bits per heavy atom. The standard InChI is InChI=1S/C13H26/c1-6-8-11-9-12(11)13(4,5)10(3)7-2/h10-12H,6-9H2,1-5H3. The summed E-state index contributed by atoms with van der Waals surface area (Å²) in [6, 6.07) is 0. The molecule has 13 heavy (non-hydrogen) atoms. The van der Waals surface area contributed by atoms with Crippen molar-refractivity contribution in [3.8, 4) is 0 Å². The molecule has 0 aromatic rings. The van der Waals surface area contributed by atoms with Crippen molar-refractivity contribution in [2.24, 2.45) is 23.2 Å². The van der Waals surface area contributed by atoms with Gasteiger partial charge < -0.3 is 0 Å². The predicted octanol–water partition coefficient (Wildman–Crippen LogP) is 4.49. The van der Waals surface area contributed by atoms with E-state index in [1.54, 1.807) is 0 Å². The van der Waals surface area contributed by atoms with E-state index in [0.717, 1.165) is 17.8 Å². The summed E-state index contributed by atoms with van der Waals surface area (Å²) in [6.07, 6.45) is 5.68. The van der Waals surface area contributed by atoms with E-state index >= 15 is 0 Å². The molecule has 1 aliphatic carbocycles. The van der Waals surface area contributed by atoms with Gasteiger partial charge in [-0.1, -0.05) is 53.9 Å². The van der Waals surface area contributed by atoms with Gasteiger partial charge in [-0.05, 0) is 29.6 Å². The number of hydrogen-bond donors (Lipinski definition) is 0. The van der Waals surface area contributed by atoms with Crippen LogP contribution in [0.25, 0.3) is 0 Å². The molecule has 0 spiro atoms. The van der Waals surface area contributed by atoms with E-state index in [2.05, 4.69) is 34.6 Å². The highest BCUT2D eigenvalue weighted by Gasteiger charge is 2.48. The van der Waals surface area contributed by atoms with Gasteiger partial charge in [-0.15, -0.1) is 0 Å². The Morgan fingerprint density at radius 1 is 1.31 bits per heavy atom. The van der Waals surface area contributed by atoms with Crippen LogP contribution in [0.3, 0.4) is 0 Å². The molecule has 0 aromatic heterocycles. The summed E-state index contributed by atoms with van der Waals surface area (Å²) in [5.74, 6) is 2.98. The van der Waals surface area contributed by atoms with Gasteiger partial charge in [-0.25, -0.2) is 0 Å². The summed E-state index contributed by atoms with van der Waals surface area (Å²) in [5, 5.41) is 0. The predicted molar refractivity (Wildman–Crippen MR) is 59.7 cm³/mol. The van der Waals surface area contributed by atoms with Gasteiger partial charge in [-0.3, -0.25) is 0 Å². The monoisotopic (exact) mass is 182 g/mol. The average molecular weight is 182 g/mol. The summed E-state index contributed by atoms with van der Waals surface area (Å²) in [7, 11) is 0. The highest BCUT2D eigenvalue weighted by molar-refractivity contribution is 4.97. The van der Waals surface area contributed by atoms with Crippen molar-refractivity contribution in [3.05, 3.63) is 0 Å². The highest BCUT2D eigenvalue weighted by Crippen LogP contribution is 2.56. The molecule has 78 valence electrons. The molecule has 1 rings (SSSR count). The molecule has 0 heterocycles. The minimum atomic E-state index is 0.592. The van der Waals surface area contributed by atoms with E-state index in [-0.39, 0.29) is 0 Å². The van der Waals surface area contributed by atoms with Gasteiger partial charge in [0.15, 0.2) is 0 Å². The normalized spacial score (nSPS) is 30.2. The van der Waals surface area contributed by atoms with E-state index in [1.807, 2.05) is 0 Å². The molecule has 3 atom stereocenters. The molecule has 0 nitrogen and oxygen atoms in total. The molecule has 1 saturated carbocycles. The van der Waals surface area contributed by atoms with Crippen molar-refractivity contribution in [2.75, 3.05) is 0 Å². The molecule has 1 fully saturated rings. The van der Waals surface area contributed by atoms with Crippen molar-refractivity contribution in [1.82, 2.24) is 0 Å². The first-order chi connectivity index (χ1) is 6.04. The lowest BCUT2D eigenvalue weighted by Crippen LogP contribution is -2.24. The molecule has 0 bridgehead atoms. The fraction of sp³-hybridized carbons (Fsp3) is 1.00. The molecule has 0 aliphatic heterocycles. The summed E-state index contributed by atoms with van der Waals surface area (Å²) in [6.45, 7) is 12.0. The first-order valence-electron chi connectivity index (χ1n) is 6.04. The lowest BCUT2D eigenvalue weighted by Gasteiger charge is -2.32. The topological polar surface area (TPSA) is 0 Å². The summed E-state index contributed by atoms with van der Waals surface area (Å²) in [4.78, 5) is 0. The van der Waals surface area contributed by atoms with Crippen LogP contribution in [0.1, 0.15) is 60.3 Å². The molecule has 0 aromatic carbocycles. The molecule has 0 heteroatoms. The molecular weight excluding hydrogens is 156 g/mol. The van der Waals surface area contributed by atoms with Crippen LogP contribution in [0.5, 0.6) is 0 Å². The average Bonchev–Trinajstić information content (AvgIpc) is 2.83. The zero-order chi connectivity index (χ0) is 10.1. The van der Waals surface area contributed by atoms with Crippen molar-refractivity contribution in [2.45, 2.75) is 60.3 Å². The van der Waals surface area contributed by atoms with Gasteiger partial charge in [0.25, 0.3) is 0 Å². The van der Waals surface area contributed by atoms with Crippen molar-refractivity contribution in [1.29, 1.82) is 0 Å². The Kier molecular flexibility index (Phi) is 3.43. The molecule has 0 N–H and O–H groups in total. The summed E-state index contributed by atoms with van der Waals surface area (Å²) >= 11 is 0. The van der Waals surface area contributed by atoms with Gasteiger partial charge >= 0.3 is 0 Å². The maximum absolute atomic E-state index is 2.47. The largest absolute Gasteiger partial charge is 0.0654 e. The molecular formula is C13H26. The minimum absolute atomic E-state index is 0.592. The van der Waals surface area contributed by atoms with Gasteiger partial charge in [0.05, 0.1) is 0 Å². The van der Waals surface area contributed by atoms with E-state index in [1.165, 1.54) is 25.7 Å². The molecule has 3 unspecified atom stereocenters. The van der Waals surface area contributed by atoms with Gasteiger partial charge in [0, 0.05) is 0 Å². The Labute approximate surface area is 84.1 Å². The van der Waals surface area contributed by atoms with Gasteiger partial charge in [-0.2, -0.15) is 0 Å². The fourth-order valence-electron chi connectivity index (χ4n) is 2.74. The second-order valence-corrected chi connectivity index (χ2v) is 5.52. The van der Waals surface area contributed by atoms with Crippen molar-refractivity contribution >= 4 is 0 Å². The molecule has 0 saturated heterocycles. The third-order valence-electron chi connectivity index (χ3n) is 4.42. The quantitative estimate of drug-likeness (QED) is 0.587. The highest BCUT2D eigenvalue weighted by atomic mass is 14.5. The smallest absolute Gasteiger partial charge is 0.0298 e. The SMILES string of the molecule is CCCC1CC1C(C)(C)C(C)CC. The molecule has 1 aliphatic rings. The van der Waals surface area contributed by atoms with Crippen molar-refractivity contribution in [3.63, 3.8) is 0 Å². The van der Waals surface area contributed by atoms with E-state index < -0.39 is 0 Å². The Bertz CT molecular complexity index is 157. The third kappa shape index (κ3) is 2.27. The lowest BCUT2D eigenvalue weighted by atomic mass is 9.73. The first kappa shape index (κ1) is 11.1. The summed E-state index contributed by atoms with van der Waals surface area (Å²) in [5.41, 5.74) is 0.592. The van der Waals surface area contributed by atoms with Crippen LogP contribution in [-0.4, -0.2) is 0 Å². The van der Waals surface area contributed by atoms with E-state index in [4.69, 9.17) is 0 Å². The van der Waals surface area contributed by atoms with Crippen LogP contribution in [0, 0.1) is 23.2 Å². The van der Waals surface area contributed by atoms with Crippen LogP contribution in [0.4, 0.5) is 0 Å². The van der Waals surface area contributed by atoms with Crippen LogP contribution in [0.2, 0.25) is 0 Å². The van der Waals surface area contributed by atoms with Crippen LogP contribution in [-0.2, 0) is 0 Å². The first-order valence-corrected chi connectivity index (χ1v) is 6.04. The molecule has 0 amide bonds. The zero-order valence-electron chi connectivity index (χ0n) is 10.1. The van der Waals surface area contributed by atoms with E-state index in [9.17, 15) is 0 Å². The number of rotatable bonds is 5. The third-order valence-corrected chi connectivity index (χ3v) is 4.42. The summed E-state index contributed by atoms with van der Waals surface area (Å²) < 4.78 is 0. The zero-order valence-corrected chi connectivity index (χ0v) is 10.1. The minimum Gasteiger partial charge on any atom is -0.0654 e. The second-order valence-electron chi connectivity index (χ2n) is 5.52. The van der Waals surface area contributed by atoms with Crippen LogP contribution in [0.15, 0.2) is 0 Å². The Balaban J connectivity index is 2.43. The number of hydrogen-bond acceptors (Lipinski definition) is 0. The maximum atomic E-state index is 2.47. The van der Waals surface area contributed by atoms with Gasteiger partial charge in [0.2, 0.25) is 0 Å². The Hall–Kier alpha value is 0. The van der Waals surface area contributed by atoms with Crippen molar-refractivity contribution < 1.29 is 0 Å². The van der Waals surface area contributed by atoms with E-state index in [0.29, 0.717) is 5.41 Å². The maximum Gasteiger partial charge on any atom is -0.0298 e. The van der Waals surface area contributed by atoms with Crippen LogP contribution >= 0.6 is 0 Å². The second kappa shape index (κ2) is 4.02. The lowest BCUT2D eigenvalue weighted by molar-refractivity contribution is 0.175.